The lowest BCUT2D eigenvalue weighted by Crippen LogP contribution is -2.29. The summed E-state index contributed by atoms with van der Waals surface area (Å²) in [7, 11) is 0. The predicted octanol–water partition coefficient (Wildman–Crippen LogP) is 8.27. The minimum atomic E-state index is -0.473. The van der Waals surface area contributed by atoms with Gasteiger partial charge < -0.3 is 4.74 Å². The van der Waals surface area contributed by atoms with Gasteiger partial charge in [0.2, 0.25) is 0 Å². The molecule has 3 aromatic rings. The largest absolute Gasteiger partial charge is 0.460 e. The third kappa shape index (κ3) is 9.69. The maximum Gasteiger partial charge on any atom is 0.309 e. The van der Waals surface area contributed by atoms with E-state index in [-0.39, 0.29) is 11.9 Å². The molecule has 0 amide bonds. The zero-order chi connectivity index (χ0) is 23.5. The summed E-state index contributed by atoms with van der Waals surface area (Å²) in [4.78, 5) is 15.6. The van der Waals surface area contributed by atoms with Crippen molar-refractivity contribution in [3.05, 3.63) is 96.6 Å². The van der Waals surface area contributed by atoms with Crippen LogP contribution in [0.4, 0.5) is 0 Å². The number of aryl methyl sites for hydroxylation is 1. The van der Waals surface area contributed by atoms with E-state index in [1.54, 1.807) is 0 Å². The zero-order valence-electron chi connectivity index (χ0n) is 19.8. The van der Waals surface area contributed by atoms with Crippen molar-refractivity contribution in [1.82, 2.24) is 0 Å². The fourth-order valence-corrected chi connectivity index (χ4v) is 6.13. The van der Waals surface area contributed by atoms with Crippen molar-refractivity contribution in [3.8, 4) is 0 Å². The lowest BCUT2D eigenvalue weighted by atomic mass is 9.95. The van der Waals surface area contributed by atoms with Gasteiger partial charge in [0.05, 0.1) is 10.5 Å². The van der Waals surface area contributed by atoms with Crippen LogP contribution in [0.3, 0.4) is 0 Å². The van der Waals surface area contributed by atoms with Crippen molar-refractivity contribution >= 4 is 29.5 Å². The molecule has 1 atom stereocenters. The highest BCUT2D eigenvalue weighted by Crippen LogP contribution is 2.39. The van der Waals surface area contributed by atoms with Crippen LogP contribution < -0.4 is 0 Å². The van der Waals surface area contributed by atoms with E-state index >= 15 is 0 Å². The lowest BCUT2D eigenvalue weighted by Gasteiger charge is -2.25. The summed E-state index contributed by atoms with van der Waals surface area (Å²) in [6.45, 7) is 5.83. The molecule has 0 saturated carbocycles. The van der Waals surface area contributed by atoms with Crippen molar-refractivity contribution in [2.24, 2.45) is 5.92 Å². The molecule has 0 aliphatic carbocycles. The molecule has 0 fully saturated rings. The van der Waals surface area contributed by atoms with Crippen LogP contribution in [0.2, 0.25) is 0 Å². The van der Waals surface area contributed by atoms with Gasteiger partial charge in [0, 0.05) is 9.79 Å². The monoisotopic (exact) mass is 478 g/mol. The number of esters is 1. The molecule has 0 aliphatic rings. The van der Waals surface area contributed by atoms with Gasteiger partial charge in [0.15, 0.2) is 0 Å². The van der Waals surface area contributed by atoms with E-state index in [9.17, 15) is 4.79 Å². The Bertz CT molecular complexity index is 912. The molecule has 0 heterocycles. The van der Waals surface area contributed by atoms with Crippen molar-refractivity contribution in [2.75, 3.05) is 0 Å². The Morgan fingerprint density at radius 1 is 0.727 bits per heavy atom. The average molecular weight is 479 g/mol. The summed E-state index contributed by atoms with van der Waals surface area (Å²) in [5.41, 5.74) is 0.791. The lowest BCUT2D eigenvalue weighted by molar-refractivity contribution is -0.160. The van der Waals surface area contributed by atoms with Crippen LogP contribution in [0.25, 0.3) is 0 Å². The van der Waals surface area contributed by atoms with Gasteiger partial charge in [0.25, 0.3) is 0 Å². The minimum Gasteiger partial charge on any atom is -0.460 e. The number of ether oxygens (including phenoxy) is 1. The van der Waals surface area contributed by atoms with Gasteiger partial charge in [0.1, 0.15) is 5.60 Å². The normalized spacial score (nSPS) is 12.5. The van der Waals surface area contributed by atoms with Crippen LogP contribution in [0, 0.1) is 5.92 Å². The summed E-state index contributed by atoms with van der Waals surface area (Å²) < 4.78 is 6.12. The Hall–Kier alpha value is -2.17. The second kappa shape index (κ2) is 12.9. The topological polar surface area (TPSA) is 26.3 Å². The summed E-state index contributed by atoms with van der Waals surface area (Å²) in [5, 5.41) is 0. The predicted molar refractivity (Wildman–Crippen MR) is 142 cm³/mol. The van der Waals surface area contributed by atoms with Crippen molar-refractivity contribution in [1.29, 1.82) is 0 Å². The van der Waals surface area contributed by atoms with Crippen molar-refractivity contribution in [2.45, 2.75) is 66.4 Å². The molecular formula is C29H34O2S2. The van der Waals surface area contributed by atoms with E-state index in [1.165, 1.54) is 15.4 Å². The Morgan fingerprint density at radius 2 is 1.21 bits per heavy atom. The maximum atomic E-state index is 13.1. The van der Waals surface area contributed by atoms with Gasteiger partial charge >= 0.3 is 5.97 Å². The van der Waals surface area contributed by atoms with Gasteiger partial charge in [-0.2, -0.15) is 0 Å². The third-order valence-corrected chi connectivity index (χ3v) is 7.80. The number of carbonyl (C=O) groups is 1. The number of rotatable bonds is 11. The van der Waals surface area contributed by atoms with Gasteiger partial charge in [-0.25, -0.2) is 0 Å². The summed E-state index contributed by atoms with van der Waals surface area (Å²) in [6.07, 6.45) is 3.43. The number of thioether (sulfide) groups is 2. The summed E-state index contributed by atoms with van der Waals surface area (Å²) in [5.74, 6) is -0.189. The second-order valence-electron chi connectivity index (χ2n) is 9.12. The molecule has 3 rings (SSSR count). The van der Waals surface area contributed by atoms with Crippen LogP contribution in [0.15, 0.2) is 101 Å². The summed E-state index contributed by atoms with van der Waals surface area (Å²) >= 11 is 3.75. The number of carbonyl (C=O) groups excluding carboxylic acids is 1. The first-order valence-corrected chi connectivity index (χ1v) is 13.4. The molecule has 2 nitrogen and oxygen atoms in total. The first-order chi connectivity index (χ1) is 15.9. The SMILES string of the molecule is CC(C)(C)OC(=O)C(CCc1ccccc1)CCC(Sc1ccccc1)Sc1ccccc1. The van der Waals surface area contributed by atoms with E-state index in [4.69, 9.17) is 4.74 Å². The molecule has 0 N–H and O–H groups in total. The number of hydrogen-bond acceptors (Lipinski definition) is 4. The van der Waals surface area contributed by atoms with Gasteiger partial charge in [-0.15, -0.1) is 23.5 Å². The van der Waals surface area contributed by atoms with E-state index in [0.717, 1.165) is 25.7 Å². The van der Waals surface area contributed by atoms with E-state index in [1.807, 2.05) is 62.5 Å². The standard InChI is InChI=1S/C29H34O2S2/c1-29(2,3)31-28(30)24(20-19-23-13-7-4-8-14-23)21-22-27(32-25-15-9-5-10-16-25)33-26-17-11-6-12-18-26/h4-18,24,27H,19-22H2,1-3H3. The first kappa shape index (κ1) is 25.5. The Morgan fingerprint density at radius 3 is 1.70 bits per heavy atom. The van der Waals surface area contributed by atoms with Crippen LogP contribution in [0.5, 0.6) is 0 Å². The molecule has 0 bridgehead atoms. The maximum absolute atomic E-state index is 13.1. The third-order valence-electron chi connectivity index (χ3n) is 5.14. The first-order valence-electron chi connectivity index (χ1n) is 11.6. The van der Waals surface area contributed by atoms with E-state index in [2.05, 4.69) is 72.8 Å². The molecule has 0 aliphatic heterocycles. The molecule has 0 radical (unpaired) electrons. The van der Waals surface area contributed by atoms with Crippen LogP contribution in [0.1, 0.15) is 45.6 Å². The smallest absolute Gasteiger partial charge is 0.309 e. The molecule has 0 saturated heterocycles. The Balaban J connectivity index is 1.70. The number of benzene rings is 3. The Labute approximate surface area is 207 Å². The highest BCUT2D eigenvalue weighted by molar-refractivity contribution is 8.17. The molecule has 1 unspecified atom stereocenters. The highest BCUT2D eigenvalue weighted by Gasteiger charge is 2.26. The number of hydrogen-bond donors (Lipinski definition) is 0. The van der Waals surface area contributed by atoms with Gasteiger partial charge in [-0.05, 0) is 76.3 Å². The highest BCUT2D eigenvalue weighted by atomic mass is 32.2. The second-order valence-corrected chi connectivity index (χ2v) is 12.0. The van der Waals surface area contributed by atoms with Crippen molar-refractivity contribution < 1.29 is 9.53 Å². The molecule has 0 aromatic heterocycles. The Kier molecular flexibility index (Phi) is 9.95. The summed E-state index contributed by atoms with van der Waals surface area (Å²) in [6, 6.07) is 31.4. The van der Waals surface area contributed by atoms with E-state index in [0.29, 0.717) is 4.58 Å². The van der Waals surface area contributed by atoms with Crippen LogP contribution in [-0.2, 0) is 16.0 Å². The van der Waals surface area contributed by atoms with Crippen LogP contribution in [-0.4, -0.2) is 16.2 Å². The molecule has 174 valence electrons. The van der Waals surface area contributed by atoms with Crippen molar-refractivity contribution in [3.63, 3.8) is 0 Å². The zero-order valence-corrected chi connectivity index (χ0v) is 21.4. The van der Waals surface area contributed by atoms with Crippen LogP contribution >= 0.6 is 23.5 Å². The fourth-order valence-electron chi connectivity index (χ4n) is 3.53. The fraction of sp³-hybridized carbons (Fsp3) is 0.345. The molecule has 33 heavy (non-hydrogen) atoms. The molecule has 0 spiro atoms. The average Bonchev–Trinajstić information content (AvgIpc) is 2.80. The molecular weight excluding hydrogens is 444 g/mol. The van der Waals surface area contributed by atoms with Gasteiger partial charge in [-0.3, -0.25) is 4.79 Å². The van der Waals surface area contributed by atoms with Gasteiger partial charge in [-0.1, -0.05) is 66.7 Å². The quantitative estimate of drug-likeness (QED) is 0.157. The molecule has 3 aromatic carbocycles. The van der Waals surface area contributed by atoms with E-state index < -0.39 is 5.60 Å². The molecule has 4 heteroatoms. The minimum absolute atomic E-state index is 0.0772.